The first kappa shape index (κ1) is 70.4. The Morgan fingerprint density at radius 2 is 0.377 bits per heavy atom. The molecule has 20 rings (SSSR count). The van der Waals surface area contributed by atoms with Gasteiger partial charge in [-0.2, -0.15) is 0 Å². The highest BCUT2D eigenvalue weighted by atomic mass is 32.1. The van der Waals surface area contributed by atoms with Gasteiger partial charge in [-0.15, -0.1) is 22.7 Å². The summed E-state index contributed by atoms with van der Waals surface area (Å²) in [5.74, 6) is 0. The number of nitrogens with zero attached hydrogens (tertiary/aromatic N) is 2. The molecule has 0 fully saturated rings. The Kier molecular flexibility index (Phi) is 19.4. The van der Waals surface area contributed by atoms with Gasteiger partial charge in [-0.05, 0) is 240 Å². The van der Waals surface area contributed by atoms with Gasteiger partial charge >= 0.3 is 0 Å². The molecule has 2 aromatic heterocycles. The Morgan fingerprint density at radius 1 is 0.158 bits per heavy atom. The first-order valence-corrected chi connectivity index (χ1v) is 40.6. The molecular weight excluding hydrogens is 1410 g/mol. The largest absolute Gasteiger partial charge is 0.311 e. The van der Waals surface area contributed by atoms with E-state index in [1.165, 1.54) is 163 Å². The summed E-state index contributed by atoms with van der Waals surface area (Å²) in [7, 11) is 0. The molecule has 114 heavy (non-hydrogen) atoms. The van der Waals surface area contributed by atoms with Crippen LogP contribution in [0.15, 0.2) is 437 Å². The molecule has 0 aliphatic rings. The quantitative estimate of drug-likeness (QED) is 0.0951. The van der Waals surface area contributed by atoms with Gasteiger partial charge in [0.25, 0.3) is 0 Å². The fourth-order valence-corrected chi connectivity index (χ4v) is 18.7. The zero-order valence-corrected chi connectivity index (χ0v) is 64.9. The average molecular weight is 1490 g/mol. The molecule has 0 aliphatic carbocycles. The van der Waals surface area contributed by atoms with Crippen LogP contribution in [0, 0.1) is 13.8 Å². The van der Waals surface area contributed by atoms with E-state index in [1.807, 2.05) is 22.7 Å². The van der Waals surface area contributed by atoms with Crippen LogP contribution in [0.1, 0.15) is 11.1 Å². The van der Waals surface area contributed by atoms with Gasteiger partial charge in [-0.3, -0.25) is 0 Å². The van der Waals surface area contributed by atoms with Gasteiger partial charge in [0.15, 0.2) is 0 Å². The minimum absolute atomic E-state index is 1.09. The standard InChI is InChI=1S/C60H41NS.C50H37NS/c1-4-14-42(15-5-1)45-26-32-53(33-27-45)61(55-36-30-47(31-37-55)52-40-50(43-16-6-2-7-17-43)39-51(41-52)44-18-8-3-9-19-44)54-34-28-46(29-35-54)48-20-12-21-49(38-48)56-23-13-24-58-57-22-10-11-25-59(57)62-60(56)58;1-34-30-35(2)32-42(31-34)39-22-28-45(29-23-39)51(43-24-18-37(19-25-43)36-10-4-3-5-11-36)44-26-20-38(21-27-44)40-12-8-13-41(33-40)46-15-9-16-48-47-14-6-7-17-49(47)52-50(46)48/h1-41H;3-33H,1-2H3. The average Bonchev–Trinajstić information content (AvgIpc) is 1.47. The highest BCUT2D eigenvalue weighted by Gasteiger charge is 2.20. The molecule has 0 unspecified atom stereocenters. The molecule has 2 heterocycles. The van der Waals surface area contributed by atoms with Gasteiger partial charge < -0.3 is 9.80 Å². The maximum absolute atomic E-state index is 2.36. The molecular formula is C110H78N2S2. The number of hydrogen-bond acceptors (Lipinski definition) is 4. The second-order valence-electron chi connectivity index (χ2n) is 29.3. The van der Waals surface area contributed by atoms with Crippen LogP contribution in [-0.4, -0.2) is 0 Å². The van der Waals surface area contributed by atoms with Crippen LogP contribution < -0.4 is 9.80 Å². The molecule has 540 valence electrons. The van der Waals surface area contributed by atoms with Crippen molar-refractivity contribution in [3.8, 4) is 111 Å². The number of hydrogen-bond donors (Lipinski definition) is 0. The van der Waals surface area contributed by atoms with Gasteiger partial charge in [0.2, 0.25) is 0 Å². The van der Waals surface area contributed by atoms with E-state index in [0.29, 0.717) is 0 Å². The Bertz CT molecular complexity index is 6710. The second kappa shape index (κ2) is 31.4. The Balaban J connectivity index is 0.000000155. The highest BCUT2D eigenvalue weighted by Crippen LogP contribution is 2.46. The molecule has 2 nitrogen and oxygen atoms in total. The van der Waals surface area contributed by atoms with E-state index >= 15 is 0 Å². The number of aryl methyl sites for hydroxylation is 2. The van der Waals surface area contributed by atoms with Crippen molar-refractivity contribution in [2.24, 2.45) is 0 Å². The molecule has 0 atom stereocenters. The molecule has 20 aromatic rings. The predicted octanol–water partition coefficient (Wildman–Crippen LogP) is 32.3. The topological polar surface area (TPSA) is 6.48 Å². The zero-order valence-electron chi connectivity index (χ0n) is 63.3. The zero-order chi connectivity index (χ0) is 76.3. The van der Waals surface area contributed by atoms with Crippen LogP contribution in [0.4, 0.5) is 34.1 Å². The molecule has 0 aliphatic heterocycles. The van der Waals surface area contributed by atoms with E-state index in [0.717, 1.165) is 34.1 Å². The number of fused-ring (bicyclic) bond motifs is 6. The third kappa shape index (κ3) is 14.5. The number of rotatable bonds is 16. The molecule has 0 saturated heterocycles. The lowest BCUT2D eigenvalue weighted by Crippen LogP contribution is -2.09. The van der Waals surface area contributed by atoms with E-state index in [1.54, 1.807) is 0 Å². The van der Waals surface area contributed by atoms with Crippen molar-refractivity contribution in [2.75, 3.05) is 9.80 Å². The van der Waals surface area contributed by atoms with E-state index < -0.39 is 0 Å². The normalized spacial score (nSPS) is 11.2. The summed E-state index contributed by atoms with van der Waals surface area (Å²) >= 11 is 3.76. The van der Waals surface area contributed by atoms with Crippen molar-refractivity contribution in [2.45, 2.75) is 13.8 Å². The summed E-state index contributed by atoms with van der Waals surface area (Å²) in [6.45, 7) is 4.33. The van der Waals surface area contributed by atoms with Crippen LogP contribution in [0.5, 0.6) is 0 Å². The van der Waals surface area contributed by atoms with Gasteiger partial charge in [0, 0.05) is 74.5 Å². The van der Waals surface area contributed by atoms with Crippen LogP contribution >= 0.6 is 22.7 Å². The maximum Gasteiger partial charge on any atom is 0.0462 e. The smallest absolute Gasteiger partial charge is 0.0462 e. The van der Waals surface area contributed by atoms with Crippen LogP contribution in [0.25, 0.3) is 152 Å². The van der Waals surface area contributed by atoms with Gasteiger partial charge in [0.1, 0.15) is 0 Å². The van der Waals surface area contributed by atoms with Crippen LogP contribution in [0.3, 0.4) is 0 Å². The first-order chi connectivity index (χ1) is 56.3. The second-order valence-corrected chi connectivity index (χ2v) is 31.4. The summed E-state index contributed by atoms with van der Waals surface area (Å²) in [5.41, 5.74) is 33.5. The number of anilines is 6. The van der Waals surface area contributed by atoms with Crippen molar-refractivity contribution in [3.63, 3.8) is 0 Å². The number of thiophene rings is 2. The monoisotopic (exact) mass is 1490 g/mol. The van der Waals surface area contributed by atoms with Crippen molar-refractivity contribution < 1.29 is 0 Å². The fraction of sp³-hybridized carbons (Fsp3) is 0.0182. The molecule has 18 aromatic carbocycles. The Labute approximate surface area is 675 Å². The summed E-state index contributed by atoms with van der Waals surface area (Å²) < 4.78 is 5.33. The SMILES string of the molecule is Cc1cc(C)cc(-c2ccc(N(c3ccc(-c4ccccc4)cc3)c3ccc(-c4cccc(-c5cccc6c5sc5ccccc56)c4)cc3)cc2)c1.c1ccc(-c2ccc(N(c3ccc(-c4cc(-c5ccccc5)cc(-c5ccccc5)c4)cc3)c3ccc(-c4cccc(-c5cccc6c5sc5ccccc56)c4)cc3)cc2)cc1. The lowest BCUT2D eigenvalue weighted by Gasteiger charge is -2.26. The van der Waals surface area contributed by atoms with E-state index in [-0.39, 0.29) is 0 Å². The third-order valence-corrected chi connectivity index (χ3v) is 24.3. The first-order valence-electron chi connectivity index (χ1n) is 39.0. The van der Waals surface area contributed by atoms with E-state index in [9.17, 15) is 0 Å². The Hall–Kier alpha value is -14.0. The number of benzene rings is 18. The van der Waals surface area contributed by atoms with E-state index in [2.05, 4.69) is 460 Å². The molecule has 0 saturated carbocycles. The van der Waals surface area contributed by atoms with E-state index in [4.69, 9.17) is 0 Å². The molecule has 0 spiro atoms. The highest BCUT2D eigenvalue weighted by molar-refractivity contribution is 7.26. The predicted molar refractivity (Wildman–Crippen MR) is 492 cm³/mol. The summed E-state index contributed by atoms with van der Waals surface area (Å²) in [5, 5.41) is 5.30. The van der Waals surface area contributed by atoms with Crippen LogP contribution in [-0.2, 0) is 0 Å². The van der Waals surface area contributed by atoms with Gasteiger partial charge in [-0.1, -0.05) is 333 Å². The van der Waals surface area contributed by atoms with Crippen molar-refractivity contribution in [3.05, 3.63) is 448 Å². The summed E-state index contributed by atoms with van der Waals surface area (Å²) in [6, 6.07) is 159. The minimum Gasteiger partial charge on any atom is -0.311 e. The summed E-state index contributed by atoms with van der Waals surface area (Å²) in [4.78, 5) is 4.71. The minimum atomic E-state index is 1.09. The van der Waals surface area contributed by atoms with Crippen molar-refractivity contribution in [1.82, 2.24) is 0 Å². The summed E-state index contributed by atoms with van der Waals surface area (Å²) in [6.07, 6.45) is 0. The van der Waals surface area contributed by atoms with Crippen LogP contribution in [0.2, 0.25) is 0 Å². The van der Waals surface area contributed by atoms with Crippen molar-refractivity contribution >= 4 is 97.1 Å². The molecule has 0 radical (unpaired) electrons. The molecule has 0 N–H and O–H groups in total. The van der Waals surface area contributed by atoms with Gasteiger partial charge in [-0.25, -0.2) is 0 Å². The van der Waals surface area contributed by atoms with Gasteiger partial charge in [0.05, 0.1) is 0 Å². The molecule has 0 amide bonds. The maximum atomic E-state index is 2.36. The lowest BCUT2D eigenvalue weighted by atomic mass is 9.93. The lowest BCUT2D eigenvalue weighted by molar-refractivity contribution is 1.28. The van der Waals surface area contributed by atoms with Crippen molar-refractivity contribution in [1.29, 1.82) is 0 Å². The Morgan fingerprint density at radius 3 is 0.702 bits per heavy atom. The fourth-order valence-electron chi connectivity index (χ4n) is 16.2. The third-order valence-electron chi connectivity index (χ3n) is 21.8. The molecule has 0 bridgehead atoms. The molecule has 4 heteroatoms.